The van der Waals surface area contributed by atoms with Crippen LogP contribution in [0, 0.1) is 6.73 Å². The fourth-order valence-corrected chi connectivity index (χ4v) is 0.208. The van der Waals surface area contributed by atoms with Gasteiger partial charge < -0.3 is 4.74 Å². The molecule has 0 bridgehead atoms. The summed E-state index contributed by atoms with van der Waals surface area (Å²) in [4.78, 5) is 0. The zero-order valence-electron chi connectivity index (χ0n) is 2.69. The van der Waals surface area contributed by atoms with Crippen LogP contribution in [0.25, 0.3) is 0 Å². The molecule has 29 valence electrons. The monoisotopic (exact) mass is 73.0 g/mol. The summed E-state index contributed by atoms with van der Waals surface area (Å²) < 4.78 is 4.60. The second kappa shape index (κ2) is 1.35. The molecule has 2 N–H and O–H groups in total. The third kappa shape index (κ3) is 0.576. The van der Waals surface area contributed by atoms with Gasteiger partial charge in [-0.2, -0.15) is 0 Å². The van der Waals surface area contributed by atoms with Gasteiger partial charge >= 0.3 is 0 Å². The van der Waals surface area contributed by atoms with Gasteiger partial charge in [0, 0.05) is 0 Å². The van der Waals surface area contributed by atoms with E-state index < -0.39 is 0 Å². The van der Waals surface area contributed by atoms with Gasteiger partial charge in [0.05, 0.1) is 0 Å². The number of hydrogen-bond acceptors (Lipinski definition) is 3. The summed E-state index contributed by atoms with van der Waals surface area (Å²) in [5.41, 5.74) is 5.32. The topological polar surface area (TPSA) is 33.3 Å². The molecule has 1 rings (SSSR count). The predicted molar refractivity (Wildman–Crippen MR) is 16.5 cm³/mol. The summed E-state index contributed by atoms with van der Waals surface area (Å²) in [6.45, 7) is 2.08. The molecule has 0 aromatic rings. The van der Waals surface area contributed by atoms with E-state index in [0.717, 1.165) is 0 Å². The lowest BCUT2D eigenvalue weighted by Crippen LogP contribution is -2.19. The molecule has 3 nitrogen and oxygen atoms in total. The summed E-state index contributed by atoms with van der Waals surface area (Å²) in [7, 11) is 0. The van der Waals surface area contributed by atoms with Crippen molar-refractivity contribution in [2.45, 2.75) is 0 Å². The Balaban J connectivity index is 2.08. The highest BCUT2D eigenvalue weighted by atomic mass is 16.5. The zero-order chi connectivity index (χ0) is 3.54. The van der Waals surface area contributed by atoms with E-state index in [9.17, 15) is 0 Å². The van der Waals surface area contributed by atoms with Gasteiger partial charge in [0.2, 0.25) is 0 Å². The lowest BCUT2D eigenvalue weighted by molar-refractivity contribution is 0.244. The van der Waals surface area contributed by atoms with E-state index in [1.807, 2.05) is 0 Å². The van der Waals surface area contributed by atoms with Crippen LogP contribution in [0.1, 0.15) is 0 Å². The maximum atomic E-state index is 4.60. The molecule has 0 aromatic carbocycles. The Hall–Kier alpha value is -0.120. The molecule has 5 heavy (non-hydrogen) atoms. The van der Waals surface area contributed by atoms with Crippen molar-refractivity contribution >= 4 is 0 Å². The van der Waals surface area contributed by atoms with E-state index in [-0.39, 0.29) is 0 Å². The molecule has 0 amide bonds. The van der Waals surface area contributed by atoms with Gasteiger partial charge in [0.25, 0.3) is 0 Å². The Kier molecular flexibility index (Phi) is 0.834. The lowest BCUT2D eigenvalue weighted by atomic mass is 11.3. The predicted octanol–water partition coefficient (Wildman–Crippen LogP) is -0.812. The van der Waals surface area contributed by atoms with Crippen molar-refractivity contribution in [3.8, 4) is 0 Å². The summed E-state index contributed by atoms with van der Waals surface area (Å²) in [5.74, 6) is 0. The number of ether oxygens (including phenoxy) is 1. The van der Waals surface area contributed by atoms with E-state index in [2.05, 4.69) is 15.6 Å². The van der Waals surface area contributed by atoms with Gasteiger partial charge in [0.1, 0.15) is 6.73 Å². The van der Waals surface area contributed by atoms with Crippen molar-refractivity contribution in [1.29, 1.82) is 0 Å². The van der Waals surface area contributed by atoms with E-state index >= 15 is 0 Å². The van der Waals surface area contributed by atoms with Gasteiger partial charge in [-0.15, -0.1) is 0 Å². The average Bonchev–Trinajstić information content (AvgIpc) is 1.76. The number of hydrogen-bond donors (Lipinski definition) is 2. The molecule has 0 atom stereocenters. The zero-order valence-corrected chi connectivity index (χ0v) is 2.69. The fraction of sp³-hybridized carbons (Fsp3) is 0.500. The SMILES string of the molecule is [CH]1NNCO1. The van der Waals surface area contributed by atoms with E-state index in [0.29, 0.717) is 6.73 Å². The molecular weight excluding hydrogens is 68.0 g/mol. The van der Waals surface area contributed by atoms with Crippen LogP contribution in [0.4, 0.5) is 0 Å². The molecule has 0 saturated carbocycles. The van der Waals surface area contributed by atoms with Crippen molar-refractivity contribution in [3.05, 3.63) is 6.73 Å². The molecule has 1 aliphatic heterocycles. The van der Waals surface area contributed by atoms with Crippen LogP contribution in [0.2, 0.25) is 0 Å². The third-order valence-corrected chi connectivity index (χ3v) is 0.400. The Bertz CT molecular complexity index is 19.2. The third-order valence-electron chi connectivity index (χ3n) is 0.400. The molecule has 1 heterocycles. The van der Waals surface area contributed by atoms with Crippen molar-refractivity contribution in [3.63, 3.8) is 0 Å². The van der Waals surface area contributed by atoms with Crippen LogP contribution in [-0.4, -0.2) is 6.73 Å². The van der Waals surface area contributed by atoms with E-state index in [1.165, 1.54) is 6.73 Å². The summed E-state index contributed by atoms with van der Waals surface area (Å²) in [6, 6.07) is 0. The van der Waals surface area contributed by atoms with Gasteiger partial charge in [-0.25, -0.2) is 10.9 Å². The molecule has 1 fully saturated rings. The molecule has 0 aliphatic carbocycles. The molecule has 1 aliphatic rings. The molecule has 0 aromatic heterocycles. The van der Waals surface area contributed by atoms with Crippen LogP contribution in [0.3, 0.4) is 0 Å². The molecule has 0 unspecified atom stereocenters. The van der Waals surface area contributed by atoms with Crippen LogP contribution in [0.5, 0.6) is 0 Å². The van der Waals surface area contributed by atoms with Gasteiger partial charge in [0.15, 0.2) is 6.73 Å². The highest BCUT2D eigenvalue weighted by Gasteiger charge is 1.91. The minimum atomic E-state index is 0.583. The number of nitrogens with one attached hydrogen (secondary N) is 2. The first-order valence-electron chi connectivity index (χ1n) is 1.42. The molecule has 1 saturated heterocycles. The van der Waals surface area contributed by atoms with Crippen LogP contribution in [0.15, 0.2) is 0 Å². The summed E-state index contributed by atoms with van der Waals surface area (Å²) in [5, 5.41) is 0. The second-order valence-corrected chi connectivity index (χ2v) is 0.750. The van der Waals surface area contributed by atoms with E-state index in [1.54, 1.807) is 0 Å². The van der Waals surface area contributed by atoms with Crippen molar-refractivity contribution < 1.29 is 4.74 Å². The van der Waals surface area contributed by atoms with Gasteiger partial charge in [-0.1, -0.05) is 0 Å². The van der Waals surface area contributed by atoms with Gasteiger partial charge in [-0.05, 0) is 0 Å². The van der Waals surface area contributed by atoms with Crippen molar-refractivity contribution in [2.24, 2.45) is 0 Å². The maximum Gasteiger partial charge on any atom is 0.163 e. The highest BCUT2D eigenvalue weighted by Crippen LogP contribution is 1.75. The smallest absolute Gasteiger partial charge is 0.163 e. The normalized spacial score (nSPS) is 24.0. The maximum absolute atomic E-state index is 4.60. The van der Waals surface area contributed by atoms with Crippen LogP contribution < -0.4 is 10.9 Å². The fourth-order valence-electron chi connectivity index (χ4n) is 0.208. The molecular formula is C2H5N2O. The quantitative estimate of drug-likeness (QED) is 0.393. The molecule has 0 spiro atoms. The van der Waals surface area contributed by atoms with Crippen molar-refractivity contribution in [2.75, 3.05) is 6.73 Å². The standard InChI is InChI=1S/C2H5N2O/c1-3-4-2-5-1/h1,3-4H,2H2. The van der Waals surface area contributed by atoms with Gasteiger partial charge in [-0.3, -0.25) is 0 Å². The Morgan fingerprint density at radius 2 is 2.80 bits per heavy atom. The molecule has 3 heteroatoms. The largest absolute Gasteiger partial charge is 0.341 e. The Morgan fingerprint density at radius 1 is 1.80 bits per heavy atom. The average molecular weight is 73.1 g/mol. The summed E-state index contributed by atoms with van der Waals surface area (Å²) in [6.07, 6.45) is 0. The first-order chi connectivity index (χ1) is 2.50. The molecule has 1 radical (unpaired) electrons. The minimum Gasteiger partial charge on any atom is -0.341 e. The number of rotatable bonds is 0. The van der Waals surface area contributed by atoms with Crippen LogP contribution >= 0.6 is 0 Å². The number of hydrazine groups is 1. The Morgan fingerprint density at radius 3 is 3.00 bits per heavy atom. The first-order valence-corrected chi connectivity index (χ1v) is 1.42. The second-order valence-electron chi connectivity index (χ2n) is 0.750. The first kappa shape index (κ1) is 3.08. The lowest BCUT2D eigenvalue weighted by Gasteiger charge is -1.76. The highest BCUT2D eigenvalue weighted by molar-refractivity contribution is 4.44. The van der Waals surface area contributed by atoms with Crippen molar-refractivity contribution in [1.82, 2.24) is 10.9 Å². The van der Waals surface area contributed by atoms with Crippen LogP contribution in [-0.2, 0) is 4.74 Å². The van der Waals surface area contributed by atoms with E-state index in [4.69, 9.17) is 0 Å². The Labute approximate surface area is 30.3 Å². The minimum absolute atomic E-state index is 0.583. The summed E-state index contributed by atoms with van der Waals surface area (Å²) >= 11 is 0.